The van der Waals surface area contributed by atoms with Crippen molar-refractivity contribution in [2.45, 2.75) is 17.9 Å². The van der Waals surface area contributed by atoms with E-state index in [0.29, 0.717) is 5.75 Å². The predicted octanol–water partition coefficient (Wildman–Crippen LogP) is 4.60. The van der Waals surface area contributed by atoms with Gasteiger partial charge in [-0.1, -0.05) is 35.3 Å². The monoisotopic (exact) mass is 571 g/mol. The molecule has 1 atom stereocenters. The molecule has 0 saturated heterocycles. The van der Waals surface area contributed by atoms with Crippen molar-refractivity contribution >= 4 is 66.2 Å². The first-order chi connectivity index (χ1) is 16.8. The Hall–Kier alpha value is -2.99. The van der Waals surface area contributed by atoms with Gasteiger partial charge in [0.2, 0.25) is 15.9 Å². The number of rotatable bonds is 9. The van der Waals surface area contributed by atoms with Gasteiger partial charge < -0.3 is 10.1 Å². The predicted molar refractivity (Wildman–Crippen MR) is 142 cm³/mol. The number of para-hydroxylation sites is 1. The lowest BCUT2D eigenvalue weighted by Crippen LogP contribution is -2.45. The minimum atomic E-state index is -3.93. The number of carbonyl (C=O) groups is 1. The van der Waals surface area contributed by atoms with Gasteiger partial charge in [0.15, 0.2) is 0 Å². The molecule has 192 valence electrons. The molecule has 0 heterocycles. The van der Waals surface area contributed by atoms with E-state index >= 15 is 0 Å². The second-order valence-electron chi connectivity index (χ2n) is 7.65. The standard InChI is InChI=1S/C23H23Cl2N3O6S2/c1-15(28(35(3,30)31)17-10-13-22(34-2)20(25)14-17)23(29)26-16-8-11-18(12-9-16)36(32,33)27-21-7-5-4-6-19(21)24/h4-15,27H,1-3H3,(H,26,29)/t15-/m1/s1. The van der Waals surface area contributed by atoms with Crippen LogP contribution in [-0.2, 0) is 24.8 Å². The molecule has 0 bridgehead atoms. The molecule has 0 aliphatic rings. The van der Waals surface area contributed by atoms with Gasteiger partial charge in [0, 0.05) is 5.69 Å². The van der Waals surface area contributed by atoms with E-state index in [0.717, 1.165) is 10.6 Å². The maximum atomic E-state index is 12.9. The van der Waals surface area contributed by atoms with Gasteiger partial charge in [-0.2, -0.15) is 0 Å². The zero-order chi connectivity index (χ0) is 26.7. The number of ether oxygens (including phenoxy) is 1. The van der Waals surface area contributed by atoms with Crippen LogP contribution in [0.5, 0.6) is 5.75 Å². The largest absolute Gasteiger partial charge is 0.495 e. The maximum Gasteiger partial charge on any atom is 0.261 e. The molecule has 0 fully saturated rings. The number of benzene rings is 3. The zero-order valence-corrected chi connectivity index (χ0v) is 22.5. The molecular weight excluding hydrogens is 549 g/mol. The molecule has 0 saturated carbocycles. The number of nitrogens with one attached hydrogen (secondary N) is 2. The van der Waals surface area contributed by atoms with Crippen molar-refractivity contribution in [3.8, 4) is 5.75 Å². The van der Waals surface area contributed by atoms with Gasteiger partial charge in [0.05, 0.1) is 39.7 Å². The summed E-state index contributed by atoms with van der Waals surface area (Å²) in [6.45, 7) is 1.42. The number of hydrogen-bond acceptors (Lipinski definition) is 6. The minimum Gasteiger partial charge on any atom is -0.495 e. The highest BCUT2D eigenvalue weighted by Crippen LogP contribution is 2.31. The quantitative estimate of drug-likeness (QED) is 0.387. The summed E-state index contributed by atoms with van der Waals surface area (Å²) in [5.74, 6) is -0.290. The van der Waals surface area contributed by atoms with Crippen LogP contribution >= 0.6 is 23.2 Å². The minimum absolute atomic E-state index is 0.0564. The van der Waals surface area contributed by atoms with Gasteiger partial charge in [-0.25, -0.2) is 16.8 Å². The summed E-state index contributed by atoms with van der Waals surface area (Å²) in [7, 11) is -6.38. The summed E-state index contributed by atoms with van der Waals surface area (Å²) in [6.07, 6.45) is 0.973. The Labute approximate surface area is 220 Å². The van der Waals surface area contributed by atoms with Crippen LogP contribution in [0, 0.1) is 0 Å². The molecular formula is C23H23Cl2N3O6S2. The average Bonchev–Trinajstić information content (AvgIpc) is 2.80. The summed E-state index contributed by atoms with van der Waals surface area (Å²) < 4.78 is 58.8. The van der Waals surface area contributed by atoms with Crippen LogP contribution < -0.4 is 19.1 Å². The lowest BCUT2D eigenvalue weighted by Gasteiger charge is -2.28. The Bertz CT molecular complexity index is 1480. The first-order valence-corrected chi connectivity index (χ1v) is 14.4. The van der Waals surface area contributed by atoms with E-state index in [4.69, 9.17) is 27.9 Å². The molecule has 13 heteroatoms. The second kappa shape index (κ2) is 11.0. The molecule has 0 aliphatic heterocycles. The van der Waals surface area contributed by atoms with Crippen LogP contribution in [0.3, 0.4) is 0 Å². The summed E-state index contributed by atoms with van der Waals surface area (Å²) in [6, 6.07) is 15.0. The third-order valence-corrected chi connectivity index (χ3v) is 8.28. The highest BCUT2D eigenvalue weighted by molar-refractivity contribution is 7.92. The number of sulfonamides is 2. The van der Waals surface area contributed by atoms with Crippen molar-refractivity contribution in [2.24, 2.45) is 0 Å². The number of halogens is 2. The fourth-order valence-electron chi connectivity index (χ4n) is 3.31. The maximum absolute atomic E-state index is 12.9. The first-order valence-electron chi connectivity index (χ1n) is 10.3. The van der Waals surface area contributed by atoms with Crippen molar-refractivity contribution in [3.05, 3.63) is 76.8 Å². The molecule has 1 amide bonds. The average molecular weight is 572 g/mol. The first kappa shape index (κ1) is 27.6. The topological polar surface area (TPSA) is 122 Å². The van der Waals surface area contributed by atoms with E-state index in [9.17, 15) is 21.6 Å². The van der Waals surface area contributed by atoms with Crippen molar-refractivity contribution in [2.75, 3.05) is 27.7 Å². The number of hydrogen-bond donors (Lipinski definition) is 2. The Balaban J connectivity index is 1.79. The number of amides is 1. The van der Waals surface area contributed by atoms with E-state index < -0.39 is 32.0 Å². The molecule has 36 heavy (non-hydrogen) atoms. The summed E-state index contributed by atoms with van der Waals surface area (Å²) in [5.41, 5.74) is 0.674. The van der Waals surface area contributed by atoms with E-state index in [-0.39, 0.29) is 32.0 Å². The molecule has 3 aromatic rings. The van der Waals surface area contributed by atoms with Crippen LogP contribution in [-0.4, -0.2) is 42.2 Å². The molecule has 0 aliphatic carbocycles. The summed E-state index contributed by atoms with van der Waals surface area (Å²) in [4.78, 5) is 12.9. The Morgan fingerprint density at radius 2 is 1.58 bits per heavy atom. The van der Waals surface area contributed by atoms with Gasteiger partial charge in [0.1, 0.15) is 11.8 Å². The van der Waals surface area contributed by atoms with E-state index in [1.807, 2.05) is 0 Å². The van der Waals surface area contributed by atoms with Crippen LogP contribution in [0.4, 0.5) is 17.1 Å². The normalized spacial score (nSPS) is 12.5. The Morgan fingerprint density at radius 3 is 2.14 bits per heavy atom. The molecule has 0 spiro atoms. The third kappa shape index (κ3) is 6.41. The number of methoxy groups -OCH3 is 1. The van der Waals surface area contributed by atoms with E-state index in [1.54, 1.807) is 18.2 Å². The van der Waals surface area contributed by atoms with Gasteiger partial charge in [-0.15, -0.1) is 0 Å². The Morgan fingerprint density at radius 1 is 0.944 bits per heavy atom. The zero-order valence-electron chi connectivity index (χ0n) is 19.4. The van der Waals surface area contributed by atoms with Crippen molar-refractivity contribution in [1.29, 1.82) is 0 Å². The Kier molecular flexibility index (Phi) is 8.40. The molecule has 3 rings (SSSR count). The molecule has 9 nitrogen and oxygen atoms in total. The van der Waals surface area contributed by atoms with Crippen molar-refractivity contribution < 1.29 is 26.4 Å². The fraction of sp³-hybridized carbons (Fsp3) is 0.174. The van der Waals surface area contributed by atoms with Crippen molar-refractivity contribution in [3.63, 3.8) is 0 Å². The van der Waals surface area contributed by atoms with Crippen LogP contribution in [0.15, 0.2) is 71.6 Å². The van der Waals surface area contributed by atoms with Crippen LogP contribution in [0.25, 0.3) is 0 Å². The van der Waals surface area contributed by atoms with Gasteiger partial charge in [-0.3, -0.25) is 13.8 Å². The smallest absolute Gasteiger partial charge is 0.261 e. The van der Waals surface area contributed by atoms with Crippen molar-refractivity contribution in [1.82, 2.24) is 0 Å². The molecule has 2 N–H and O–H groups in total. The van der Waals surface area contributed by atoms with E-state index in [2.05, 4.69) is 10.0 Å². The molecule has 0 radical (unpaired) electrons. The number of nitrogens with zero attached hydrogens (tertiary/aromatic N) is 1. The molecule has 3 aromatic carbocycles. The highest BCUT2D eigenvalue weighted by atomic mass is 35.5. The summed E-state index contributed by atoms with van der Waals surface area (Å²) in [5, 5.41) is 3.02. The number of carbonyl (C=O) groups excluding carboxylic acids is 1. The van der Waals surface area contributed by atoms with Gasteiger partial charge in [-0.05, 0) is 61.5 Å². The highest BCUT2D eigenvalue weighted by Gasteiger charge is 2.30. The van der Waals surface area contributed by atoms with E-state index in [1.165, 1.54) is 62.6 Å². The summed E-state index contributed by atoms with van der Waals surface area (Å²) >= 11 is 12.2. The molecule has 0 aromatic heterocycles. The van der Waals surface area contributed by atoms with Gasteiger partial charge in [0.25, 0.3) is 10.0 Å². The lowest BCUT2D eigenvalue weighted by molar-refractivity contribution is -0.116. The van der Waals surface area contributed by atoms with Crippen LogP contribution in [0.2, 0.25) is 10.0 Å². The number of anilines is 3. The third-order valence-electron chi connectivity index (χ3n) is 5.03. The lowest BCUT2D eigenvalue weighted by atomic mass is 10.2. The van der Waals surface area contributed by atoms with Crippen LogP contribution in [0.1, 0.15) is 6.92 Å². The fourth-order valence-corrected chi connectivity index (χ4v) is 6.05. The second-order valence-corrected chi connectivity index (χ2v) is 12.0. The molecule has 0 unspecified atom stereocenters. The SMILES string of the molecule is COc1ccc(N([C@H](C)C(=O)Nc2ccc(S(=O)(=O)Nc3ccccc3Cl)cc2)S(C)(=O)=O)cc1Cl. The van der Waals surface area contributed by atoms with Gasteiger partial charge >= 0.3 is 0 Å².